The van der Waals surface area contributed by atoms with Crippen LogP contribution in [0.3, 0.4) is 0 Å². The molecule has 33 heavy (non-hydrogen) atoms. The number of carbonyl (C=O) groups is 2. The highest BCUT2D eigenvalue weighted by Crippen LogP contribution is 2.73. The molecular weight excluding hydrogens is 416 g/mol. The standard InChI is InChI=1S/C28H38O5/c1-14-12-21(32-25(31)15(14)2)16(3)18-6-7-19-17-13-24-28(33-24)23(30)9-8-22(29)27(28,5)20(17)10-11-26(18,19)4/h8-9,16-21,23-24,30H,6-7,10-13H2,1-5H3/t16-,17+,18+,19-,20-,21+,23+,24+,26+,27-,28+/m0/s1. The summed E-state index contributed by atoms with van der Waals surface area (Å²) >= 11 is 0. The number of aliphatic hydroxyl groups is 1. The van der Waals surface area contributed by atoms with E-state index in [4.69, 9.17) is 9.47 Å². The summed E-state index contributed by atoms with van der Waals surface area (Å²) in [5.41, 5.74) is 0.798. The third kappa shape index (κ3) is 2.56. The van der Waals surface area contributed by atoms with Gasteiger partial charge in [0, 0.05) is 12.0 Å². The van der Waals surface area contributed by atoms with E-state index in [1.54, 1.807) is 12.2 Å². The third-order valence-electron chi connectivity index (χ3n) is 11.6. The number of ketones is 1. The molecule has 0 aromatic heterocycles. The Morgan fingerprint density at radius 2 is 1.88 bits per heavy atom. The van der Waals surface area contributed by atoms with Crippen molar-refractivity contribution in [1.82, 2.24) is 0 Å². The summed E-state index contributed by atoms with van der Waals surface area (Å²) in [7, 11) is 0. The van der Waals surface area contributed by atoms with Gasteiger partial charge in [0.1, 0.15) is 17.8 Å². The average molecular weight is 455 g/mol. The van der Waals surface area contributed by atoms with E-state index in [9.17, 15) is 14.7 Å². The molecule has 180 valence electrons. The van der Waals surface area contributed by atoms with Crippen molar-refractivity contribution >= 4 is 11.8 Å². The first-order valence-electron chi connectivity index (χ1n) is 13.0. The van der Waals surface area contributed by atoms with E-state index in [-0.39, 0.29) is 35.3 Å². The second-order valence-corrected chi connectivity index (χ2v) is 12.5. The van der Waals surface area contributed by atoms with Gasteiger partial charge in [0.05, 0.1) is 11.5 Å². The first-order chi connectivity index (χ1) is 15.6. The molecule has 1 N–H and O–H groups in total. The number of epoxide rings is 1. The van der Waals surface area contributed by atoms with Crippen LogP contribution in [0.15, 0.2) is 23.3 Å². The van der Waals surface area contributed by atoms with Gasteiger partial charge in [-0.15, -0.1) is 0 Å². The van der Waals surface area contributed by atoms with Crippen LogP contribution in [-0.2, 0) is 19.1 Å². The number of ether oxygens (including phenoxy) is 2. The minimum atomic E-state index is -0.697. The Kier molecular flexibility index (Phi) is 4.55. The number of fused-ring (bicyclic) bond motifs is 4. The molecule has 6 rings (SSSR count). The van der Waals surface area contributed by atoms with Crippen LogP contribution in [0, 0.1) is 40.4 Å². The highest BCUT2D eigenvalue weighted by molar-refractivity contribution is 5.98. The van der Waals surface area contributed by atoms with Crippen LogP contribution in [0.5, 0.6) is 0 Å². The van der Waals surface area contributed by atoms with Gasteiger partial charge in [0.15, 0.2) is 5.78 Å². The van der Waals surface area contributed by atoms with Gasteiger partial charge in [-0.25, -0.2) is 4.79 Å². The second kappa shape index (κ2) is 6.81. The van der Waals surface area contributed by atoms with E-state index in [0.717, 1.165) is 43.3 Å². The minimum absolute atomic E-state index is 0.0125. The van der Waals surface area contributed by atoms with Crippen LogP contribution >= 0.6 is 0 Å². The number of cyclic esters (lactones) is 1. The Morgan fingerprint density at radius 1 is 1.12 bits per heavy atom. The van der Waals surface area contributed by atoms with Gasteiger partial charge in [-0.3, -0.25) is 4.79 Å². The SMILES string of the molecule is CC1=C(C)C(=O)O[C@@H]([C@@H](C)[C@H]2CC[C@H]3[C@H]4C[C@H]5O[C@]56[C@H](O)C=CC(=O)[C@]6(C)[C@H]4CC[C@]23C)C1. The van der Waals surface area contributed by atoms with E-state index >= 15 is 0 Å². The van der Waals surface area contributed by atoms with Gasteiger partial charge in [-0.1, -0.05) is 19.4 Å². The molecule has 0 bridgehead atoms. The Bertz CT molecular complexity index is 981. The summed E-state index contributed by atoms with van der Waals surface area (Å²) in [6.07, 6.45) is 8.75. The van der Waals surface area contributed by atoms with Crippen LogP contribution in [0.4, 0.5) is 0 Å². The summed E-state index contributed by atoms with van der Waals surface area (Å²) in [4.78, 5) is 25.7. The smallest absolute Gasteiger partial charge is 0.333 e. The predicted molar refractivity (Wildman–Crippen MR) is 123 cm³/mol. The van der Waals surface area contributed by atoms with Crippen LogP contribution in [0.25, 0.3) is 0 Å². The number of hydrogen-bond donors (Lipinski definition) is 1. The molecule has 11 atom stereocenters. The predicted octanol–water partition coefficient (Wildman–Crippen LogP) is 4.38. The maximum absolute atomic E-state index is 13.3. The van der Waals surface area contributed by atoms with Gasteiger partial charge in [0.2, 0.25) is 0 Å². The van der Waals surface area contributed by atoms with Gasteiger partial charge in [0.25, 0.3) is 0 Å². The maximum Gasteiger partial charge on any atom is 0.333 e. The lowest BCUT2D eigenvalue weighted by Crippen LogP contribution is -2.63. The Morgan fingerprint density at radius 3 is 2.61 bits per heavy atom. The fourth-order valence-corrected chi connectivity index (χ4v) is 9.54. The lowest BCUT2D eigenvalue weighted by atomic mass is 9.44. The molecule has 2 aliphatic heterocycles. The van der Waals surface area contributed by atoms with Crippen molar-refractivity contribution in [1.29, 1.82) is 0 Å². The Hall–Kier alpha value is -1.46. The molecule has 0 radical (unpaired) electrons. The number of esters is 1. The second-order valence-electron chi connectivity index (χ2n) is 12.5. The molecule has 4 aliphatic carbocycles. The van der Waals surface area contributed by atoms with Crippen molar-refractivity contribution in [2.45, 2.75) is 97.1 Å². The van der Waals surface area contributed by atoms with E-state index < -0.39 is 17.1 Å². The first-order valence-corrected chi connectivity index (χ1v) is 13.0. The number of rotatable bonds is 2. The van der Waals surface area contributed by atoms with Crippen LogP contribution in [-0.4, -0.2) is 40.8 Å². The van der Waals surface area contributed by atoms with Crippen molar-refractivity contribution in [2.75, 3.05) is 0 Å². The molecule has 5 heteroatoms. The molecule has 6 aliphatic rings. The highest BCUT2D eigenvalue weighted by Gasteiger charge is 2.80. The van der Waals surface area contributed by atoms with Gasteiger partial charge in [-0.05, 0) is 100 Å². The molecular formula is C28H38O5. The van der Waals surface area contributed by atoms with Gasteiger partial charge < -0.3 is 14.6 Å². The van der Waals surface area contributed by atoms with E-state index in [1.165, 1.54) is 6.42 Å². The van der Waals surface area contributed by atoms with Crippen molar-refractivity contribution < 1.29 is 24.2 Å². The molecule has 3 saturated carbocycles. The van der Waals surface area contributed by atoms with Crippen LogP contribution in [0.2, 0.25) is 0 Å². The quantitative estimate of drug-likeness (QED) is 0.495. The zero-order chi connectivity index (χ0) is 23.5. The molecule has 0 unspecified atom stereocenters. The minimum Gasteiger partial charge on any atom is -0.458 e. The number of aliphatic hydroxyl groups excluding tert-OH is 1. The van der Waals surface area contributed by atoms with Crippen molar-refractivity contribution in [3.8, 4) is 0 Å². The van der Waals surface area contributed by atoms with E-state index in [0.29, 0.717) is 23.7 Å². The third-order valence-corrected chi connectivity index (χ3v) is 11.6. The molecule has 5 nitrogen and oxygen atoms in total. The zero-order valence-electron chi connectivity index (χ0n) is 20.6. The first kappa shape index (κ1) is 22.0. The van der Waals surface area contributed by atoms with Crippen LogP contribution in [0.1, 0.15) is 73.1 Å². The monoisotopic (exact) mass is 454 g/mol. The Labute approximate surface area is 197 Å². The number of hydrogen-bond acceptors (Lipinski definition) is 5. The van der Waals surface area contributed by atoms with Crippen molar-refractivity contribution in [3.05, 3.63) is 23.3 Å². The van der Waals surface area contributed by atoms with E-state index in [2.05, 4.69) is 27.7 Å². The van der Waals surface area contributed by atoms with E-state index in [1.807, 2.05) is 6.92 Å². The van der Waals surface area contributed by atoms with Crippen molar-refractivity contribution in [2.24, 2.45) is 40.4 Å². The van der Waals surface area contributed by atoms with Gasteiger partial charge in [-0.2, -0.15) is 0 Å². The molecule has 1 spiro atoms. The molecule has 0 aromatic carbocycles. The lowest BCUT2D eigenvalue weighted by molar-refractivity contribution is -0.155. The summed E-state index contributed by atoms with van der Waals surface area (Å²) in [5.74, 6) is 2.09. The lowest BCUT2D eigenvalue weighted by Gasteiger charge is -2.58. The Balaban J connectivity index is 1.28. The van der Waals surface area contributed by atoms with Gasteiger partial charge >= 0.3 is 5.97 Å². The normalized spacial score (nSPS) is 53.6. The molecule has 2 heterocycles. The van der Waals surface area contributed by atoms with Crippen LogP contribution < -0.4 is 0 Å². The number of carbonyl (C=O) groups excluding carboxylic acids is 2. The molecule has 1 saturated heterocycles. The fourth-order valence-electron chi connectivity index (χ4n) is 9.54. The fraction of sp³-hybridized carbons (Fsp3) is 0.786. The molecule has 4 fully saturated rings. The topological polar surface area (TPSA) is 76.1 Å². The summed E-state index contributed by atoms with van der Waals surface area (Å²) in [6.45, 7) is 10.8. The largest absolute Gasteiger partial charge is 0.458 e. The zero-order valence-corrected chi connectivity index (χ0v) is 20.6. The maximum atomic E-state index is 13.3. The summed E-state index contributed by atoms with van der Waals surface area (Å²) in [5, 5.41) is 10.8. The molecule has 0 aromatic rings. The number of allylic oxidation sites excluding steroid dienone is 1. The average Bonchev–Trinajstić information content (AvgIpc) is 3.41. The molecule has 0 amide bonds. The summed E-state index contributed by atoms with van der Waals surface area (Å²) < 4.78 is 12.2. The highest BCUT2D eigenvalue weighted by atomic mass is 16.6. The summed E-state index contributed by atoms with van der Waals surface area (Å²) in [6, 6.07) is 0. The van der Waals surface area contributed by atoms with Crippen molar-refractivity contribution in [3.63, 3.8) is 0 Å².